The number of anilines is 1. The van der Waals surface area contributed by atoms with E-state index in [1.54, 1.807) is 6.20 Å². The van der Waals surface area contributed by atoms with Crippen molar-refractivity contribution in [3.8, 4) is 11.6 Å². The lowest BCUT2D eigenvalue weighted by atomic mass is 10.2. The SMILES string of the molecule is Cc1cnc(Oc2ccc(Br)cc2C)c(N)c1. The molecule has 0 saturated heterocycles. The molecule has 0 fully saturated rings. The van der Waals surface area contributed by atoms with Crippen LogP contribution < -0.4 is 10.5 Å². The molecule has 3 nitrogen and oxygen atoms in total. The van der Waals surface area contributed by atoms with E-state index < -0.39 is 0 Å². The number of rotatable bonds is 2. The van der Waals surface area contributed by atoms with Crippen molar-refractivity contribution in [1.29, 1.82) is 0 Å². The highest BCUT2D eigenvalue weighted by Gasteiger charge is 2.06. The molecule has 2 aromatic rings. The second-order valence-corrected chi connectivity index (χ2v) is 4.83. The Hall–Kier alpha value is -1.55. The molecule has 0 aliphatic rings. The van der Waals surface area contributed by atoms with Crippen molar-refractivity contribution in [1.82, 2.24) is 4.98 Å². The van der Waals surface area contributed by atoms with Crippen molar-refractivity contribution in [2.45, 2.75) is 13.8 Å². The Labute approximate surface area is 109 Å². The number of nitrogens with zero attached hydrogens (tertiary/aromatic N) is 1. The fourth-order valence-corrected chi connectivity index (χ4v) is 1.97. The first-order chi connectivity index (χ1) is 8.06. The molecule has 0 unspecified atom stereocenters. The van der Waals surface area contributed by atoms with Crippen molar-refractivity contribution in [2.75, 3.05) is 5.73 Å². The van der Waals surface area contributed by atoms with Crippen molar-refractivity contribution in [3.63, 3.8) is 0 Å². The van der Waals surface area contributed by atoms with Gasteiger partial charge in [0.2, 0.25) is 5.88 Å². The molecule has 0 aliphatic heterocycles. The molecule has 0 spiro atoms. The first-order valence-corrected chi connectivity index (χ1v) is 6.01. The number of benzene rings is 1. The topological polar surface area (TPSA) is 48.1 Å². The fourth-order valence-electron chi connectivity index (χ4n) is 1.50. The number of ether oxygens (including phenoxy) is 1. The lowest BCUT2D eigenvalue weighted by Crippen LogP contribution is -1.96. The van der Waals surface area contributed by atoms with E-state index in [1.807, 2.05) is 38.1 Å². The predicted molar refractivity (Wildman–Crippen MR) is 72.3 cm³/mol. The summed E-state index contributed by atoms with van der Waals surface area (Å²) in [5, 5.41) is 0. The molecule has 0 bridgehead atoms. The van der Waals surface area contributed by atoms with E-state index in [-0.39, 0.29) is 0 Å². The Morgan fingerprint density at radius 3 is 2.65 bits per heavy atom. The Kier molecular flexibility index (Phi) is 3.33. The summed E-state index contributed by atoms with van der Waals surface area (Å²) >= 11 is 3.41. The van der Waals surface area contributed by atoms with E-state index in [9.17, 15) is 0 Å². The molecule has 0 radical (unpaired) electrons. The van der Waals surface area contributed by atoms with Crippen LogP contribution in [0, 0.1) is 13.8 Å². The van der Waals surface area contributed by atoms with Gasteiger partial charge in [-0.25, -0.2) is 4.98 Å². The van der Waals surface area contributed by atoms with E-state index in [4.69, 9.17) is 10.5 Å². The van der Waals surface area contributed by atoms with Crippen LogP contribution in [0.5, 0.6) is 11.6 Å². The minimum Gasteiger partial charge on any atom is -0.437 e. The molecule has 2 N–H and O–H groups in total. The Morgan fingerprint density at radius 1 is 1.24 bits per heavy atom. The number of aromatic nitrogens is 1. The summed E-state index contributed by atoms with van der Waals surface area (Å²) in [6, 6.07) is 7.64. The molecule has 1 aromatic heterocycles. The van der Waals surface area contributed by atoms with Gasteiger partial charge in [-0.15, -0.1) is 0 Å². The van der Waals surface area contributed by atoms with Gasteiger partial charge in [0.15, 0.2) is 0 Å². The van der Waals surface area contributed by atoms with Crippen LogP contribution in [0.25, 0.3) is 0 Å². The zero-order valence-electron chi connectivity index (χ0n) is 9.70. The molecule has 0 aliphatic carbocycles. The number of pyridine rings is 1. The Balaban J connectivity index is 2.31. The van der Waals surface area contributed by atoms with Crippen LogP contribution in [-0.4, -0.2) is 4.98 Å². The van der Waals surface area contributed by atoms with Crippen LogP contribution in [0.3, 0.4) is 0 Å². The summed E-state index contributed by atoms with van der Waals surface area (Å²) in [5.41, 5.74) is 8.45. The molecule has 17 heavy (non-hydrogen) atoms. The van der Waals surface area contributed by atoms with Crippen molar-refractivity contribution in [3.05, 3.63) is 46.1 Å². The van der Waals surface area contributed by atoms with Gasteiger partial charge >= 0.3 is 0 Å². The zero-order chi connectivity index (χ0) is 12.4. The third kappa shape index (κ3) is 2.77. The summed E-state index contributed by atoms with van der Waals surface area (Å²) in [4.78, 5) is 4.18. The summed E-state index contributed by atoms with van der Waals surface area (Å²) < 4.78 is 6.71. The van der Waals surface area contributed by atoms with Gasteiger partial charge in [-0.3, -0.25) is 0 Å². The molecule has 4 heteroatoms. The van der Waals surface area contributed by atoms with Crippen LogP contribution in [0.2, 0.25) is 0 Å². The first kappa shape index (κ1) is 11.9. The highest BCUT2D eigenvalue weighted by atomic mass is 79.9. The molecule has 0 amide bonds. The number of aryl methyl sites for hydroxylation is 2. The fraction of sp³-hybridized carbons (Fsp3) is 0.154. The van der Waals surface area contributed by atoms with Crippen molar-refractivity contribution < 1.29 is 4.74 Å². The van der Waals surface area contributed by atoms with Gasteiger partial charge in [0.25, 0.3) is 0 Å². The lowest BCUT2D eigenvalue weighted by molar-refractivity contribution is 0.462. The molecular weight excluding hydrogens is 280 g/mol. The Bertz CT molecular complexity index is 506. The average Bonchev–Trinajstić information content (AvgIpc) is 2.25. The Morgan fingerprint density at radius 2 is 2.00 bits per heavy atom. The van der Waals surface area contributed by atoms with Gasteiger partial charge in [0.05, 0.1) is 5.69 Å². The highest BCUT2D eigenvalue weighted by Crippen LogP contribution is 2.29. The lowest BCUT2D eigenvalue weighted by Gasteiger charge is -2.10. The smallest absolute Gasteiger partial charge is 0.242 e. The predicted octanol–water partition coefficient (Wildman–Crippen LogP) is 3.84. The molecule has 88 valence electrons. The maximum atomic E-state index is 5.85. The van der Waals surface area contributed by atoms with Crippen LogP contribution in [0.4, 0.5) is 5.69 Å². The highest BCUT2D eigenvalue weighted by molar-refractivity contribution is 9.10. The van der Waals surface area contributed by atoms with Crippen LogP contribution >= 0.6 is 15.9 Å². The monoisotopic (exact) mass is 292 g/mol. The normalized spacial score (nSPS) is 10.3. The van der Waals surface area contributed by atoms with E-state index in [2.05, 4.69) is 20.9 Å². The van der Waals surface area contributed by atoms with E-state index >= 15 is 0 Å². The number of hydrogen-bond acceptors (Lipinski definition) is 3. The van der Waals surface area contributed by atoms with Gasteiger partial charge < -0.3 is 10.5 Å². The van der Waals surface area contributed by atoms with Crippen molar-refractivity contribution >= 4 is 21.6 Å². The van der Waals surface area contributed by atoms with Crippen LogP contribution in [-0.2, 0) is 0 Å². The van der Waals surface area contributed by atoms with Gasteiger partial charge in [-0.2, -0.15) is 0 Å². The summed E-state index contributed by atoms with van der Waals surface area (Å²) in [7, 11) is 0. The third-order valence-electron chi connectivity index (χ3n) is 2.36. The molecule has 2 rings (SSSR count). The van der Waals surface area contributed by atoms with Gasteiger partial charge in [-0.05, 0) is 49.2 Å². The maximum Gasteiger partial charge on any atom is 0.242 e. The summed E-state index contributed by atoms with van der Waals surface area (Å²) in [5.74, 6) is 1.21. The van der Waals surface area contributed by atoms with E-state index in [0.29, 0.717) is 11.6 Å². The largest absolute Gasteiger partial charge is 0.437 e. The number of halogens is 1. The second kappa shape index (κ2) is 4.75. The molecular formula is C13H13BrN2O. The van der Waals surface area contributed by atoms with E-state index in [1.165, 1.54) is 0 Å². The molecule has 1 aromatic carbocycles. The average molecular weight is 293 g/mol. The van der Waals surface area contributed by atoms with E-state index in [0.717, 1.165) is 21.3 Å². The van der Waals surface area contributed by atoms with Crippen molar-refractivity contribution in [2.24, 2.45) is 0 Å². The minimum absolute atomic E-state index is 0.445. The van der Waals surface area contributed by atoms with Crippen LogP contribution in [0.15, 0.2) is 34.9 Å². The number of nitrogen functional groups attached to an aromatic ring is 1. The maximum absolute atomic E-state index is 5.85. The van der Waals surface area contributed by atoms with Crippen LogP contribution in [0.1, 0.15) is 11.1 Å². The molecule has 0 saturated carbocycles. The quantitative estimate of drug-likeness (QED) is 0.915. The van der Waals surface area contributed by atoms with Gasteiger partial charge in [0.1, 0.15) is 5.75 Å². The minimum atomic E-state index is 0.445. The summed E-state index contributed by atoms with van der Waals surface area (Å²) in [6.45, 7) is 3.92. The first-order valence-electron chi connectivity index (χ1n) is 5.22. The van der Waals surface area contributed by atoms with Gasteiger partial charge in [0, 0.05) is 10.7 Å². The zero-order valence-corrected chi connectivity index (χ0v) is 11.3. The second-order valence-electron chi connectivity index (χ2n) is 3.92. The summed E-state index contributed by atoms with van der Waals surface area (Å²) in [6.07, 6.45) is 1.74. The van der Waals surface area contributed by atoms with Gasteiger partial charge in [-0.1, -0.05) is 15.9 Å². The number of hydrogen-bond donors (Lipinski definition) is 1. The third-order valence-corrected chi connectivity index (χ3v) is 2.85. The molecule has 0 atom stereocenters. The standard InChI is InChI=1S/C13H13BrN2O/c1-8-5-11(15)13(16-7-8)17-12-4-3-10(14)6-9(12)2/h3-7H,15H2,1-2H3. The number of nitrogens with two attached hydrogens (primary N) is 1. The molecule has 1 heterocycles.